The quantitative estimate of drug-likeness (QED) is 0.905. The minimum Gasteiger partial charge on any atom is -0.497 e. The minimum atomic E-state index is 0.802. The Kier molecular flexibility index (Phi) is 4.00. The molecule has 0 fully saturated rings. The molecule has 0 saturated carbocycles. The summed E-state index contributed by atoms with van der Waals surface area (Å²) < 4.78 is 5.17. The Hall–Kier alpha value is -2.56. The number of methoxy groups -OCH3 is 1. The summed E-state index contributed by atoms with van der Waals surface area (Å²) in [5, 5.41) is 6.66. The lowest BCUT2D eigenvalue weighted by molar-refractivity contribution is 0.415. The molecular weight excluding hydrogens is 264 g/mol. The Labute approximate surface area is 124 Å². The van der Waals surface area contributed by atoms with Crippen LogP contribution < -0.4 is 15.4 Å². The molecule has 1 aliphatic heterocycles. The second-order valence-electron chi connectivity index (χ2n) is 4.76. The molecule has 2 heterocycles. The Bertz CT molecular complexity index is 637. The van der Waals surface area contributed by atoms with Gasteiger partial charge in [0.15, 0.2) is 0 Å². The van der Waals surface area contributed by atoms with Crippen LogP contribution in [-0.4, -0.2) is 31.0 Å². The number of aliphatic imine (C=N–C) groups is 1. The van der Waals surface area contributed by atoms with Crippen molar-refractivity contribution >= 4 is 17.3 Å². The highest BCUT2D eigenvalue weighted by Gasteiger charge is 2.12. The van der Waals surface area contributed by atoms with E-state index in [1.807, 2.05) is 36.4 Å². The van der Waals surface area contributed by atoms with Crippen LogP contribution in [0.2, 0.25) is 0 Å². The van der Waals surface area contributed by atoms with E-state index in [9.17, 15) is 0 Å². The SMILES string of the molecule is COc1ccc(Nc2ncccc2C2=NCCCN2)cc1. The fourth-order valence-corrected chi connectivity index (χ4v) is 2.22. The van der Waals surface area contributed by atoms with Crippen LogP contribution in [0.4, 0.5) is 11.5 Å². The molecule has 2 N–H and O–H groups in total. The summed E-state index contributed by atoms with van der Waals surface area (Å²) in [7, 11) is 1.66. The van der Waals surface area contributed by atoms with Crippen LogP contribution in [0.3, 0.4) is 0 Å². The van der Waals surface area contributed by atoms with Crippen molar-refractivity contribution < 1.29 is 4.74 Å². The lowest BCUT2D eigenvalue weighted by Crippen LogP contribution is -2.30. The van der Waals surface area contributed by atoms with Gasteiger partial charge in [-0.1, -0.05) is 0 Å². The number of aromatic nitrogens is 1. The molecule has 0 atom stereocenters. The molecule has 0 unspecified atom stereocenters. The standard InChI is InChI=1S/C16H18N4O/c1-21-13-7-5-12(6-8-13)20-16-14(4-2-9-19-16)15-17-10-3-11-18-15/h2,4-9H,3,10-11H2,1H3,(H,17,18)(H,19,20). The topological polar surface area (TPSA) is 58.5 Å². The van der Waals surface area contributed by atoms with Gasteiger partial charge in [0, 0.05) is 25.0 Å². The molecule has 5 nitrogen and oxygen atoms in total. The van der Waals surface area contributed by atoms with E-state index in [0.717, 1.165) is 48.2 Å². The lowest BCUT2D eigenvalue weighted by atomic mass is 10.2. The third kappa shape index (κ3) is 3.13. The maximum Gasteiger partial charge on any atom is 0.141 e. The number of nitrogens with one attached hydrogen (secondary N) is 2. The molecule has 108 valence electrons. The summed E-state index contributed by atoms with van der Waals surface area (Å²) in [6, 6.07) is 11.7. The molecule has 0 saturated heterocycles. The Morgan fingerprint density at radius 2 is 2.05 bits per heavy atom. The highest BCUT2D eigenvalue weighted by Crippen LogP contribution is 2.21. The predicted octanol–water partition coefficient (Wildman–Crippen LogP) is 2.57. The Balaban J connectivity index is 1.86. The van der Waals surface area contributed by atoms with Gasteiger partial charge in [-0.05, 0) is 42.8 Å². The van der Waals surface area contributed by atoms with E-state index in [1.165, 1.54) is 0 Å². The predicted molar refractivity (Wildman–Crippen MR) is 84.5 cm³/mol. The smallest absolute Gasteiger partial charge is 0.141 e. The van der Waals surface area contributed by atoms with Crippen molar-refractivity contribution in [2.75, 3.05) is 25.5 Å². The number of hydrogen-bond acceptors (Lipinski definition) is 5. The fraction of sp³-hybridized carbons (Fsp3) is 0.250. The summed E-state index contributed by atoms with van der Waals surface area (Å²) in [5.74, 6) is 2.54. The number of benzene rings is 1. The van der Waals surface area contributed by atoms with Crippen molar-refractivity contribution in [2.45, 2.75) is 6.42 Å². The van der Waals surface area contributed by atoms with Crippen molar-refractivity contribution in [2.24, 2.45) is 4.99 Å². The lowest BCUT2D eigenvalue weighted by Gasteiger charge is -2.17. The minimum absolute atomic E-state index is 0.802. The van der Waals surface area contributed by atoms with Gasteiger partial charge in [-0.25, -0.2) is 4.98 Å². The van der Waals surface area contributed by atoms with Gasteiger partial charge in [0.2, 0.25) is 0 Å². The second-order valence-corrected chi connectivity index (χ2v) is 4.76. The highest BCUT2D eigenvalue weighted by molar-refractivity contribution is 6.03. The maximum atomic E-state index is 5.17. The zero-order chi connectivity index (χ0) is 14.5. The van der Waals surface area contributed by atoms with Crippen LogP contribution in [0, 0.1) is 0 Å². The largest absolute Gasteiger partial charge is 0.497 e. The van der Waals surface area contributed by atoms with Crippen LogP contribution in [0.1, 0.15) is 12.0 Å². The van der Waals surface area contributed by atoms with Crippen molar-refractivity contribution in [3.05, 3.63) is 48.2 Å². The second kappa shape index (κ2) is 6.26. The fourth-order valence-electron chi connectivity index (χ4n) is 2.22. The van der Waals surface area contributed by atoms with Crippen LogP contribution in [-0.2, 0) is 0 Å². The monoisotopic (exact) mass is 282 g/mol. The van der Waals surface area contributed by atoms with E-state index in [1.54, 1.807) is 13.3 Å². The summed E-state index contributed by atoms with van der Waals surface area (Å²) in [5.41, 5.74) is 1.96. The summed E-state index contributed by atoms with van der Waals surface area (Å²) in [4.78, 5) is 8.96. The zero-order valence-electron chi connectivity index (χ0n) is 12.0. The number of ether oxygens (including phenoxy) is 1. The van der Waals surface area contributed by atoms with Gasteiger partial charge in [0.05, 0.1) is 12.7 Å². The molecule has 0 bridgehead atoms. The van der Waals surface area contributed by atoms with E-state index in [4.69, 9.17) is 4.74 Å². The first kappa shape index (κ1) is 13.4. The Morgan fingerprint density at radius 3 is 2.76 bits per heavy atom. The van der Waals surface area contributed by atoms with Gasteiger partial charge in [0.25, 0.3) is 0 Å². The molecule has 2 aromatic rings. The molecule has 0 amide bonds. The molecule has 0 radical (unpaired) electrons. The number of nitrogens with zero attached hydrogens (tertiary/aromatic N) is 2. The third-order valence-corrected chi connectivity index (χ3v) is 3.31. The van der Waals surface area contributed by atoms with Crippen molar-refractivity contribution in [1.82, 2.24) is 10.3 Å². The third-order valence-electron chi connectivity index (χ3n) is 3.31. The normalized spacial score (nSPS) is 14.0. The molecular formula is C16H18N4O. The van der Waals surface area contributed by atoms with E-state index in [0.29, 0.717) is 0 Å². The average molecular weight is 282 g/mol. The average Bonchev–Trinajstić information content (AvgIpc) is 2.57. The van der Waals surface area contributed by atoms with E-state index >= 15 is 0 Å². The zero-order valence-corrected chi connectivity index (χ0v) is 12.0. The summed E-state index contributed by atoms with van der Waals surface area (Å²) >= 11 is 0. The first-order valence-electron chi connectivity index (χ1n) is 7.01. The van der Waals surface area contributed by atoms with E-state index in [-0.39, 0.29) is 0 Å². The maximum absolute atomic E-state index is 5.17. The molecule has 1 aromatic carbocycles. The van der Waals surface area contributed by atoms with Gasteiger partial charge in [-0.2, -0.15) is 0 Å². The molecule has 0 aliphatic carbocycles. The molecule has 5 heteroatoms. The molecule has 21 heavy (non-hydrogen) atoms. The van der Waals surface area contributed by atoms with Gasteiger partial charge < -0.3 is 15.4 Å². The molecule has 1 aromatic heterocycles. The van der Waals surface area contributed by atoms with Crippen molar-refractivity contribution in [1.29, 1.82) is 0 Å². The van der Waals surface area contributed by atoms with E-state index < -0.39 is 0 Å². The van der Waals surface area contributed by atoms with Gasteiger partial charge in [-0.15, -0.1) is 0 Å². The van der Waals surface area contributed by atoms with Crippen molar-refractivity contribution in [3.8, 4) is 5.75 Å². The molecule has 3 rings (SSSR count). The molecule has 1 aliphatic rings. The van der Waals surface area contributed by atoms with Crippen LogP contribution in [0.15, 0.2) is 47.6 Å². The van der Waals surface area contributed by atoms with Gasteiger partial charge in [-0.3, -0.25) is 4.99 Å². The number of rotatable bonds is 4. The van der Waals surface area contributed by atoms with Crippen LogP contribution >= 0.6 is 0 Å². The van der Waals surface area contributed by atoms with Crippen LogP contribution in [0.25, 0.3) is 0 Å². The van der Waals surface area contributed by atoms with Gasteiger partial charge in [0.1, 0.15) is 17.4 Å². The number of amidine groups is 1. The van der Waals surface area contributed by atoms with Gasteiger partial charge >= 0.3 is 0 Å². The number of pyridine rings is 1. The number of anilines is 2. The van der Waals surface area contributed by atoms with Crippen molar-refractivity contribution in [3.63, 3.8) is 0 Å². The number of hydrogen-bond donors (Lipinski definition) is 2. The first-order valence-corrected chi connectivity index (χ1v) is 7.01. The molecule has 0 spiro atoms. The van der Waals surface area contributed by atoms with Crippen LogP contribution in [0.5, 0.6) is 5.75 Å². The van der Waals surface area contributed by atoms with E-state index in [2.05, 4.69) is 20.6 Å². The highest BCUT2D eigenvalue weighted by atomic mass is 16.5. The Morgan fingerprint density at radius 1 is 1.19 bits per heavy atom. The summed E-state index contributed by atoms with van der Waals surface area (Å²) in [6.07, 6.45) is 2.85. The first-order chi connectivity index (χ1) is 10.4. The summed E-state index contributed by atoms with van der Waals surface area (Å²) in [6.45, 7) is 1.81.